The molecule has 1 nitrogen and oxygen atoms in total. The predicted octanol–water partition coefficient (Wildman–Crippen LogP) is 14.4. The fourth-order valence-corrected chi connectivity index (χ4v) is 9.13. The van der Waals surface area contributed by atoms with Crippen LogP contribution >= 0.6 is 0 Å². The van der Waals surface area contributed by atoms with Crippen LogP contribution in [0.25, 0.3) is 66.4 Å². The van der Waals surface area contributed by atoms with Crippen molar-refractivity contribution >= 4 is 72.3 Å². The van der Waals surface area contributed by atoms with Crippen LogP contribution in [0.2, 0.25) is 0 Å². The first-order chi connectivity index (χ1) is 26.6. The molecule has 1 aliphatic carbocycles. The molecule has 0 bridgehead atoms. The molecule has 56 heavy (non-hydrogen) atoms. The molecule has 1 aliphatic rings. The number of rotatable bonds is 4. The zero-order chi connectivity index (χ0) is 39.3. The van der Waals surface area contributed by atoms with Crippen molar-refractivity contribution < 1.29 is 0 Å². The second-order valence-corrected chi connectivity index (χ2v) is 19.5. The van der Waals surface area contributed by atoms with Gasteiger partial charge in [0.1, 0.15) is 0 Å². The van der Waals surface area contributed by atoms with Gasteiger partial charge in [-0.3, -0.25) is 0 Å². The minimum absolute atomic E-state index is 0.0684. The largest absolute Gasteiger partial charge is 0.309 e. The fourth-order valence-electron chi connectivity index (χ4n) is 9.13. The van der Waals surface area contributed by atoms with E-state index in [1.807, 2.05) is 0 Å². The van der Waals surface area contributed by atoms with Crippen LogP contribution in [0.4, 0.5) is 17.1 Å². The monoisotopic (exact) mass is 729 g/mol. The summed E-state index contributed by atoms with van der Waals surface area (Å²) in [5, 5.41) is 13.2. The van der Waals surface area contributed by atoms with Crippen molar-refractivity contribution in [2.24, 2.45) is 5.92 Å². The molecule has 0 saturated carbocycles. The average molecular weight is 730 g/mol. The van der Waals surface area contributed by atoms with Crippen molar-refractivity contribution in [3.8, 4) is 11.1 Å². The maximum absolute atomic E-state index is 2.55. The van der Waals surface area contributed by atoms with Gasteiger partial charge in [0.25, 0.3) is 0 Å². The van der Waals surface area contributed by atoms with Crippen LogP contribution in [0.5, 0.6) is 0 Å². The van der Waals surface area contributed by atoms with Crippen molar-refractivity contribution in [1.82, 2.24) is 0 Å². The Bertz CT molecular complexity index is 2850. The van der Waals surface area contributed by atoms with Gasteiger partial charge in [-0.05, 0) is 124 Å². The summed E-state index contributed by atoms with van der Waals surface area (Å²) in [6.07, 6.45) is 6.09. The van der Waals surface area contributed by atoms with Crippen molar-refractivity contribution in [3.05, 3.63) is 148 Å². The van der Waals surface area contributed by atoms with Gasteiger partial charge in [0, 0.05) is 22.0 Å². The van der Waals surface area contributed by atoms with Crippen LogP contribution in [-0.2, 0) is 16.2 Å². The van der Waals surface area contributed by atoms with Gasteiger partial charge < -0.3 is 4.90 Å². The van der Waals surface area contributed by atoms with Crippen LogP contribution in [-0.4, -0.2) is 0 Å². The summed E-state index contributed by atoms with van der Waals surface area (Å²) in [6, 6.07) is 46.8. The summed E-state index contributed by atoms with van der Waals surface area (Å²) < 4.78 is 0. The molecular formula is C55H55N. The summed E-state index contributed by atoms with van der Waals surface area (Å²) in [4.78, 5) is 2.53. The maximum Gasteiger partial charge on any atom is 0.0615 e. The Morgan fingerprint density at radius 1 is 0.482 bits per heavy atom. The van der Waals surface area contributed by atoms with Crippen LogP contribution in [0.1, 0.15) is 92.3 Å². The van der Waals surface area contributed by atoms with Crippen LogP contribution in [0, 0.1) is 5.92 Å². The summed E-state index contributed by atoms with van der Waals surface area (Å²) >= 11 is 0. The van der Waals surface area contributed by atoms with Crippen LogP contribution in [0.3, 0.4) is 0 Å². The molecule has 0 heterocycles. The molecule has 9 rings (SSSR count). The first kappa shape index (κ1) is 36.3. The van der Waals surface area contributed by atoms with Crippen LogP contribution < -0.4 is 15.3 Å². The van der Waals surface area contributed by atoms with E-state index in [0.29, 0.717) is 5.92 Å². The lowest BCUT2D eigenvalue weighted by atomic mass is 9.82. The van der Waals surface area contributed by atoms with Gasteiger partial charge in [-0.25, -0.2) is 0 Å². The van der Waals surface area contributed by atoms with Gasteiger partial charge in [-0.15, -0.1) is 0 Å². The molecule has 1 unspecified atom stereocenters. The lowest BCUT2D eigenvalue weighted by molar-refractivity contribution is 0.590. The van der Waals surface area contributed by atoms with Crippen molar-refractivity contribution in [3.63, 3.8) is 0 Å². The molecule has 8 aromatic carbocycles. The van der Waals surface area contributed by atoms with Crippen molar-refractivity contribution in [2.75, 3.05) is 4.90 Å². The quantitative estimate of drug-likeness (QED) is 0.163. The van der Waals surface area contributed by atoms with E-state index >= 15 is 0 Å². The van der Waals surface area contributed by atoms with E-state index in [0.717, 1.165) is 6.42 Å². The van der Waals surface area contributed by atoms with E-state index in [1.54, 1.807) is 0 Å². The lowest BCUT2D eigenvalue weighted by Gasteiger charge is -2.31. The standard InChI is InChI=1S/C55H55N/c1-34-15-28-46-48(31-34)52(56(41-24-20-38(21-25-41)53(2,3)4)42-26-22-39(23-27-42)54(5,6)7)47-14-12-11-13-43(47)51(46)45-29-18-35-16-17-36-32-40(55(8,9)10)33-37-19-30-44(45)50(35)49(36)37/h11-14,16-34H,15H2,1-10H3. The SMILES string of the molecule is CC1C=c2c(N(c3ccc(C(C)(C)C)cc3)c3ccc(C(C)(C)C)cc3)c3ccccc3c(-c3ccc4ccc5cc(C(C)(C)C)cc6ccc3c4c56)c2=CC1. The minimum Gasteiger partial charge on any atom is -0.309 e. The van der Waals surface area contributed by atoms with Gasteiger partial charge in [-0.1, -0.05) is 178 Å². The smallest absolute Gasteiger partial charge is 0.0615 e. The zero-order valence-electron chi connectivity index (χ0n) is 34.9. The van der Waals surface area contributed by atoms with Crippen molar-refractivity contribution in [2.45, 2.75) is 91.9 Å². The molecule has 0 amide bonds. The highest BCUT2D eigenvalue weighted by molar-refractivity contribution is 6.26. The van der Waals surface area contributed by atoms with Gasteiger partial charge in [0.05, 0.1) is 5.69 Å². The molecule has 1 heteroatoms. The third-order valence-electron chi connectivity index (χ3n) is 12.4. The van der Waals surface area contributed by atoms with E-state index in [1.165, 1.54) is 98.4 Å². The first-order valence-corrected chi connectivity index (χ1v) is 20.6. The molecule has 8 aromatic rings. The topological polar surface area (TPSA) is 3.24 Å². The lowest BCUT2D eigenvalue weighted by Crippen LogP contribution is -2.35. The summed E-state index contributed by atoms with van der Waals surface area (Å²) in [5.74, 6) is 0.419. The highest BCUT2D eigenvalue weighted by Gasteiger charge is 2.26. The highest BCUT2D eigenvalue weighted by Crippen LogP contribution is 2.44. The van der Waals surface area contributed by atoms with Crippen molar-refractivity contribution in [1.29, 1.82) is 0 Å². The Morgan fingerprint density at radius 2 is 1.00 bits per heavy atom. The highest BCUT2D eigenvalue weighted by atomic mass is 15.1. The van der Waals surface area contributed by atoms with Gasteiger partial charge in [0.2, 0.25) is 0 Å². The molecule has 0 aromatic heterocycles. The van der Waals surface area contributed by atoms with E-state index < -0.39 is 0 Å². The minimum atomic E-state index is 0.0684. The predicted molar refractivity (Wildman–Crippen MR) is 246 cm³/mol. The molecule has 0 N–H and O–H groups in total. The second kappa shape index (κ2) is 12.8. The van der Waals surface area contributed by atoms with E-state index in [4.69, 9.17) is 0 Å². The normalized spacial score (nSPS) is 15.0. The average Bonchev–Trinajstić information content (AvgIpc) is 3.16. The number of hydrogen-bond donors (Lipinski definition) is 0. The molecule has 0 fully saturated rings. The van der Waals surface area contributed by atoms with E-state index in [2.05, 4.69) is 208 Å². The molecule has 1 atom stereocenters. The van der Waals surface area contributed by atoms with E-state index in [9.17, 15) is 0 Å². The maximum atomic E-state index is 2.55. The molecular weight excluding hydrogens is 675 g/mol. The Morgan fingerprint density at radius 3 is 1.57 bits per heavy atom. The number of nitrogens with zero attached hydrogens (tertiary/aromatic N) is 1. The molecule has 0 spiro atoms. The number of anilines is 3. The second-order valence-electron chi connectivity index (χ2n) is 19.5. The number of hydrogen-bond acceptors (Lipinski definition) is 1. The number of fused-ring (bicyclic) bond motifs is 2. The Hall–Kier alpha value is -5.40. The molecule has 0 aliphatic heterocycles. The third-order valence-corrected chi connectivity index (χ3v) is 12.4. The number of benzene rings is 8. The fraction of sp³-hybridized carbons (Fsp3) is 0.273. The Labute approximate surface area is 333 Å². The molecule has 0 radical (unpaired) electrons. The molecule has 0 saturated heterocycles. The third kappa shape index (κ3) is 5.99. The van der Waals surface area contributed by atoms with E-state index in [-0.39, 0.29) is 16.2 Å². The van der Waals surface area contributed by atoms with Gasteiger partial charge >= 0.3 is 0 Å². The van der Waals surface area contributed by atoms with Crippen LogP contribution in [0.15, 0.2) is 121 Å². The Balaban J connectivity index is 1.36. The first-order valence-electron chi connectivity index (χ1n) is 20.6. The summed E-state index contributed by atoms with van der Waals surface area (Å²) in [6.45, 7) is 23.1. The Kier molecular flexibility index (Phi) is 8.30. The van der Waals surface area contributed by atoms with Gasteiger partial charge in [0.15, 0.2) is 0 Å². The zero-order valence-corrected chi connectivity index (χ0v) is 34.9. The molecule has 280 valence electrons. The summed E-state index contributed by atoms with van der Waals surface area (Å²) in [7, 11) is 0. The summed E-state index contributed by atoms with van der Waals surface area (Å²) in [5.41, 5.74) is 10.5. The van der Waals surface area contributed by atoms with Gasteiger partial charge in [-0.2, -0.15) is 0 Å².